The molecule has 0 aromatic carbocycles. The van der Waals surface area contributed by atoms with Crippen molar-refractivity contribution in [3.05, 3.63) is 12.2 Å². The molecule has 0 amide bonds. The normalized spacial score (nSPS) is 8.54. The Labute approximate surface area is 80.9 Å². The van der Waals surface area contributed by atoms with Crippen LogP contribution in [-0.4, -0.2) is 24.3 Å². The van der Waals surface area contributed by atoms with Gasteiger partial charge in [-0.15, -0.1) is 0 Å². The van der Waals surface area contributed by atoms with Gasteiger partial charge in [-0.2, -0.15) is 0 Å². The summed E-state index contributed by atoms with van der Waals surface area (Å²) in [7, 11) is 0.232. The minimum atomic E-state index is -0.935. The van der Waals surface area contributed by atoms with Crippen molar-refractivity contribution in [3.63, 3.8) is 0 Å². The van der Waals surface area contributed by atoms with Crippen molar-refractivity contribution in [2.75, 3.05) is 13.2 Å². The van der Waals surface area contributed by atoms with Crippen molar-refractivity contribution in [1.82, 2.24) is 0 Å². The number of rotatable bonds is 5. The molecule has 0 rings (SSSR count). The fraction of sp³-hybridized carbons (Fsp3) is 0.625. The first kappa shape index (κ1) is 15.1. The van der Waals surface area contributed by atoms with Gasteiger partial charge < -0.3 is 14.2 Å². The van der Waals surface area contributed by atoms with Crippen LogP contribution in [0.25, 0.3) is 0 Å². The predicted molar refractivity (Wildman–Crippen MR) is 54.0 cm³/mol. The maximum atomic E-state index is 9.60. The van der Waals surface area contributed by atoms with E-state index in [-0.39, 0.29) is 14.6 Å². The molecule has 0 bridgehead atoms. The third kappa shape index (κ3) is 18.5. The Morgan fingerprint density at radius 3 is 1.85 bits per heavy atom. The summed E-state index contributed by atoms with van der Waals surface area (Å²) in [5, 5.41) is 7.89. The molecule has 0 aromatic heterocycles. The Kier molecular flexibility index (Phi) is 13.4. The van der Waals surface area contributed by atoms with Gasteiger partial charge in [-0.3, -0.25) is 0 Å². The van der Waals surface area contributed by atoms with E-state index >= 15 is 0 Å². The number of carboxylic acids is 1. The topological polar surface area (TPSA) is 55.8 Å². The van der Waals surface area contributed by atoms with E-state index < -0.39 is 5.97 Å². The van der Waals surface area contributed by atoms with Crippen LogP contribution in [0.1, 0.15) is 20.8 Å². The van der Waals surface area contributed by atoms with Gasteiger partial charge in [-0.1, -0.05) is 6.58 Å². The largest absolute Gasteiger partial charge is 0.478 e. The molecule has 0 aliphatic carbocycles. The van der Waals surface area contributed by atoms with Crippen LogP contribution in [0.4, 0.5) is 0 Å². The fourth-order valence-corrected chi connectivity index (χ4v) is 0.479. The highest BCUT2D eigenvalue weighted by Gasteiger charge is 1.90. The van der Waals surface area contributed by atoms with Crippen LogP contribution in [0.5, 0.6) is 0 Å². The van der Waals surface area contributed by atoms with Crippen molar-refractivity contribution in [1.29, 1.82) is 0 Å². The monoisotopic (exact) mass is 208 g/mol. The van der Waals surface area contributed by atoms with Gasteiger partial charge >= 0.3 is 5.97 Å². The van der Waals surface area contributed by atoms with Crippen molar-refractivity contribution in [3.8, 4) is 0 Å². The van der Waals surface area contributed by atoms with Gasteiger partial charge in [0.2, 0.25) is 0 Å². The van der Waals surface area contributed by atoms with E-state index in [1.54, 1.807) is 0 Å². The van der Waals surface area contributed by atoms with Crippen molar-refractivity contribution in [2.45, 2.75) is 20.8 Å². The molecular weight excluding hydrogens is 191 g/mol. The van der Waals surface area contributed by atoms with E-state index in [4.69, 9.17) is 14.2 Å². The number of carboxylic acid groups (broad SMARTS) is 1. The van der Waals surface area contributed by atoms with Gasteiger partial charge in [0, 0.05) is 5.57 Å². The van der Waals surface area contributed by atoms with Gasteiger partial charge in [0.05, 0.1) is 13.2 Å². The summed E-state index contributed by atoms with van der Waals surface area (Å²) < 4.78 is 9.76. The van der Waals surface area contributed by atoms with E-state index in [0.29, 0.717) is 0 Å². The van der Waals surface area contributed by atoms with Crippen LogP contribution in [0.2, 0.25) is 0 Å². The van der Waals surface area contributed by atoms with Gasteiger partial charge in [0.15, 0.2) is 9.03 Å². The van der Waals surface area contributed by atoms with Crippen LogP contribution < -0.4 is 0 Å². The predicted octanol–water partition coefficient (Wildman–Crippen LogP) is 2.21. The van der Waals surface area contributed by atoms with Gasteiger partial charge in [0.25, 0.3) is 0 Å². The number of hydrogen-bond donors (Lipinski definition) is 1. The Bertz CT molecular complexity index is 131. The molecule has 0 aliphatic heterocycles. The second-order valence-corrected chi connectivity index (χ2v) is 2.78. The highest BCUT2D eigenvalue weighted by molar-refractivity contribution is 7.26. The molecule has 0 heterocycles. The van der Waals surface area contributed by atoms with Crippen LogP contribution in [0.15, 0.2) is 12.2 Å². The average molecular weight is 208 g/mol. The molecule has 78 valence electrons. The van der Waals surface area contributed by atoms with E-state index in [1.807, 2.05) is 13.8 Å². The highest BCUT2D eigenvalue weighted by Crippen LogP contribution is 2.10. The number of hydrogen-bond acceptors (Lipinski definition) is 3. The summed E-state index contributed by atoms with van der Waals surface area (Å²) in [6.45, 7) is 10.00. The van der Waals surface area contributed by atoms with E-state index in [9.17, 15) is 4.79 Å². The zero-order valence-corrected chi connectivity index (χ0v) is 9.29. The van der Waals surface area contributed by atoms with Crippen molar-refractivity contribution >= 4 is 15.0 Å². The Morgan fingerprint density at radius 1 is 1.38 bits per heavy atom. The molecule has 0 atom stereocenters. The minimum Gasteiger partial charge on any atom is -0.478 e. The molecular formula is C8H17O4P. The van der Waals surface area contributed by atoms with Gasteiger partial charge in [0.1, 0.15) is 0 Å². The van der Waals surface area contributed by atoms with Crippen LogP contribution in [0.3, 0.4) is 0 Å². The number of carbonyl (C=O) groups is 1. The zero-order chi connectivity index (χ0) is 10.7. The summed E-state index contributed by atoms with van der Waals surface area (Å²) in [5.41, 5.74) is 0.176. The summed E-state index contributed by atoms with van der Waals surface area (Å²) >= 11 is 0. The zero-order valence-electron chi connectivity index (χ0n) is 8.29. The molecule has 0 spiro atoms. The van der Waals surface area contributed by atoms with Crippen LogP contribution >= 0.6 is 9.03 Å². The first-order chi connectivity index (χ1) is 6.06. The lowest BCUT2D eigenvalue weighted by Crippen LogP contribution is -1.92. The molecule has 0 radical (unpaired) electrons. The third-order valence-electron chi connectivity index (χ3n) is 0.772. The summed E-state index contributed by atoms with van der Waals surface area (Å²) in [4.78, 5) is 9.60. The Balaban J connectivity index is 0. The second kappa shape index (κ2) is 11.6. The van der Waals surface area contributed by atoms with Crippen LogP contribution in [0, 0.1) is 0 Å². The average Bonchev–Trinajstić information content (AvgIpc) is 2.06. The van der Waals surface area contributed by atoms with Crippen molar-refractivity contribution < 1.29 is 18.9 Å². The van der Waals surface area contributed by atoms with Gasteiger partial charge in [-0.05, 0) is 20.8 Å². The first-order valence-electron chi connectivity index (χ1n) is 3.93. The standard InChI is InChI=1S/C4H11O2P.C4H6O2/c1-3-5-7-6-4-2;1-3(2)4(5)6/h7H,3-4H2,1-2H3;1H2,2H3,(H,5,6). The van der Waals surface area contributed by atoms with Gasteiger partial charge in [-0.25, -0.2) is 4.79 Å². The summed E-state index contributed by atoms with van der Waals surface area (Å²) in [6.07, 6.45) is 0. The summed E-state index contributed by atoms with van der Waals surface area (Å²) in [6, 6.07) is 0. The van der Waals surface area contributed by atoms with Crippen LogP contribution in [-0.2, 0) is 13.8 Å². The molecule has 0 saturated heterocycles. The molecule has 0 fully saturated rings. The third-order valence-corrected chi connectivity index (χ3v) is 1.58. The molecule has 0 saturated carbocycles. The van der Waals surface area contributed by atoms with E-state index in [1.165, 1.54) is 6.92 Å². The maximum Gasteiger partial charge on any atom is 0.330 e. The maximum absolute atomic E-state index is 9.60. The second-order valence-electron chi connectivity index (χ2n) is 2.03. The molecule has 13 heavy (non-hydrogen) atoms. The van der Waals surface area contributed by atoms with Crippen molar-refractivity contribution in [2.24, 2.45) is 0 Å². The quantitative estimate of drug-likeness (QED) is 0.427. The number of aliphatic carboxylic acids is 1. The smallest absolute Gasteiger partial charge is 0.330 e. The highest BCUT2D eigenvalue weighted by atomic mass is 31.1. The van der Waals surface area contributed by atoms with E-state index in [0.717, 1.165) is 13.2 Å². The molecule has 1 N–H and O–H groups in total. The molecule has 0 aliphatic rings. The lowest BCUT2D eigenvalue weighted by Gasteiger charge is -1.96. The molecule has 0 unspecified atom stereocenters. The summed E-state index contributed by atoms with van der Waals surface area (Å²) in [5.74, 6) is -0.935. The van der Waals surface area contributed by atoms with E-state index in [2.05, 4.69) is 6.58 Å². The first-order valence-corrected chi connectivity index (χ1v) is 4.75. The Morgan fingerprint density at radius 2 is 1.69 bits per heavy atom. The minimum absolute atomic E-state index is 0.176. The lowest BCUT2D eigenvalue weighted by molar-refractivity contribution is -0.132. The fourth-order valence-electron chi connectivity index (χ4n) is 0.160. The SMILES string of the molecule is C=C(C)C(=O)O.CCOPOCC. The molecule has 4 nitrogen and oxygen atoms in total. The molecule has 0 aromatic rings. The lowest BCUT2D eigenvalue weighted by atomic mass is 10.4. The Hall–Kier alpha value is -0.440. The molecule has 5 heteroatoms.